The van der Waals surface area contributed by atoms with Crippen molar-refractivity contribution in [1.82, 2.24) is 4.90 Å². The fourth-order valence-electron chi connectivity index (χ4n) is 5.26. The lowest BCUT2D eigenvalue weighted by Crippen LogP contribution is -2.25. The second-order valence-corrected chi connectivity index (χ2v) is 9.79. The van der Waals surface area contributed by atoms with Crippen molar-refractivity contribution in [2.24, 2.45) is 11.8 Å². The first-order valence-corrected chi connectivity index (χ1v) is 12.2. The van der Waals surface area contributed by atoms with E-state index in [1.54, 1.807) is 18.2 Å². The normalized spacial score (nSPS) is 24.9. The van der Waals surface area contributed by atoms with Crippen molar-refractivity contribution in [2.45, 2.75) is 32.1 Å². The molecule has 0 amide bonds. The average Bonchev–Trinajstić information content (AvgIpc) is 3.44. The molecule has 0 radical (unpaired) electrons. The molecule has 2 fully saturated rings. The Kier molecular flexibility index (Phi) is 5.69. The number of anilines is 2. The Morgan fingerprint density at radius 3 is 2.81 bits per heavy atom. The largest absolute Gasteiger partial charge is 0.755 e. The lowest BCUT2D eigenvalue weighted by molar-refractivity contribution is 0.0692. The van der Waals surface area contributed by atoms with Gasteiger partial charge in [0.1, 0.15) is 11.3 Å². The summed E-state index contributed by atoms with van der Waals surface area (Å²) in [6.45, 7) is 5.67. The van der Waals surface area contributed by atoms with Crippen LogP contribution in [-0.4, -0.2) is 51.0 Å². The molecule has 2 aliphatic heterocycles. The van der Waals surface area contributed by atoms with Crippen molar-refractivity contribution in [3.8, 4) is 5.75 Å². The third-order valence-electron chi connectivity index (χ3n) is 7.05. The van der Waals surface area contributed by atoms with Crippen molar-refractivity contribution >= 4 is 28.6 Å². The van der Waals surface area contributed by atoms with Gasteiger partial charge in [0.15, 0.2) is 0 Å². The highest BCUT2D eigenvalue weighted by molar-refractivity contribution is 7.81. The first kappa shape index (κ1) is 21.4. The maximum Gasteiger partial charge on any atom is 0.341 e. The van der Waals surface area contributed by atoms with Gasteiger partial charge in [0.05, 0.1) is 29.2 Å². The van der Waals surface area contributed by atoms with Gasteiger partial charge >= 0.3 is 5.97 Å². The van der Waals surface area contributed by atoms with Crippen LogP contribution in [0.25, 0.3) is 0 Å². The van der Waals surface area contributed by atoms with Crippen LogP contribution in [0, 0.1) is 11.8 Å². The van der Waals surface area contributed by atoms with E-state index in [1.807, 2.05) is 18.2 Å². The van der Waals surface area contributed by atoms with Gasteiger partial charge < -0.3 is 19.3 Å². The van der Waals surface area contributed by atoms with Gasteiger partial charge in [-0.05, 0) is 67.4 Å². The summed E-state index contributed by atoms with van der Waals surface area (Å²) in [5.41, 5.74) is 2.32. The molecule has 3 aliphatic rings. The van der Waals surface area contributed by atoms with Gasteiger partial charge in [-0.3, -0.25) is 8.51 Å². The number of ether oxygens (including phenoxy) is 1. The van der Waals surface area contributed by atoms with Crippen LogP contribution in [-0.2, 0) is 17.7 Å². The number of benzene rings is 2. The van der Waals surface area contributed by atoms with Gasteiger partial charge in [-0.2, -0.15) is 0 Å². The quantitative estimate of drug-likeness (QED) is 0.640. The Hall–Kier alpha value is -2.42. The molecule has 32 heavy (non-hydrogen) atoms. The van der Waals surface area contributed by atoms with E-state index in [9.17, 15) is 18.7 Å². The van der Waals surface area contributed by atoms with Gasteiger partial charge in [-0.15, -0.1) is 0 Å². The number of carboxylic acid groups (broad SMARTS) is 1. The molecule has 170 valence electrons. The maximum atomic E-state index is 12.5. The number of rotatable bonds is 7. The number of hydrogen-bond donors (Lipinski definition) is 1. The third-order valence-corrected chi connectivity index (χ3v) is 7.74. The number of aromatic carboxylic acids is 1. The molecular formula is C24H27N2O5S-. The van der Waals surface area contributed by atoms with E-state index in [4.69, 9.17) is 4.74 Å². The van der Waals surface area contributed by atoms with Crippen molar-refractivity contribution in [3.63, 3.8) is 0 Å². The van der Waals surface area contributed by atoms with Crippen LogP contribution in [0.1, 0.15) is 47.2 Å². The summed E-state index contributed by atoms with van der Waals surface area (Å²) in [6.07, 6.45) is 2.80. The molecule has 1 N–H and O–H groups in total. The van der Waals surface area contributed by atoms with Gasteiger partial charge in [-0.1, -0.05) is 31.2 Å². The van der Waals surface area contributed by atoms with E-state index in [0.717, 1.165) is 54.3 Å². The van der Waals surface area contributed by atoms with Crippen molar-refractivity contribution in [3.05, 3.63) is 53.1 Å². The predicted molar refractivity (Wildman–Crippen MR) is 121 cm³/mol. The van der Waals surface area contributed by atoms with Crippen LogP contribution in [0.15, 0.2) is 36.4 Å². The van der Waals surface area contributed by atoms with Gasteiger partial charge in [0, 0.05) is 12.5 Å². The predicted octanol–water partition coefficient (Wildman–Crippen LogP) is 3.70. The third kappa shape index (κ3) is 3.80. The van der Waals surface area contributed by atoms with E-state index in [-0.39, 0.29) is 11.3 Å². The van der Waals surface area contributed by atoms with Crippen molar-refractivity contribution in [1.29, 1.82) is 0 Å². The second kappa shape index (κ2) is 8.50. The SMILES string of the molecule is CCN1CC[C@@H](Cc2ccccc2N(c2ccc3c(c2C(=O)O)OC[C@@H]2C[C@H]32)S(=O)[O-])C1. The molecule has 0 bridgehead atoms. The standard InChI is InChI=1S/C24H28N2O5S/c1-2-25-10-9-15(13-25)11-16-5-3-4-6-20(16)26(32(29)30)21-8-7-18-19-12-17(19)14-31-23(18)22(21)24(27)28/h3-8,15,17,19H,2,9-14H2,1H3,(H,27,28)(H,29,30)/p-1/t15-,17-,19-/m0/s1. The number of nitrogens with zero attached hydrogens (tertiary/aromatic N) is 2. The molecule has 2 heterocycles. The fourth-order valence-corrected chi connectivity index (χ4v) is 5.92. The molecule has 0 spiro atoms. The number of likely N-dealkylation sites (tertiary alicyclic amines) is 1. The number of hydrogen-bond acceptors (Lipinski definition) is 5. The Labute approximate surface area is 190 Å². The molecule has 1 saturated carbocycles. The molecular weight excluding hydrogens is 428 g/mol. The molecule has 5 rings (SSSR count). The van der Waals surface area contributed by atoms with Crippen LogP contribution >= 0.6 is 0 Å². The van der Waals surface area contributed by atoms with Gasteiger partial charge in [-0.25, -0.2) is 4.79 Å². The first-order valence-electron chi connectivity index (χ1n) is 11.2. The zero-order valence-electron chi connectivity index (χ0n) is 18.0. The lowest BCUT2D eigenvalue weighted by atomic mass is 9.96. The first-order chi connectivity index (χ1) is 15.5. The molecule has 2 aromatic carbocycles. The Balaban J connectivity index is 1.56. The van der Waals surface area contributed by atoms with Crippen molar-refractivity contribution in [2.75, 3.05) is 30.5 Å². The molecule has 1 aliphatic carbocycles. The topological polar surface area (TPSA) is 93.1 Å². The fraction of sp³-hybridized carbons (Fsp3) is 0.458. The summed E-state index contributed by atoms with van der Waals surface area (Å²) in [5.74, 6) is 0.327. The van der Waals surface area contributed by atoms with Crippen molar-refractivity contribution < 1.29 is 23.4 Å². The number of carbonyl (C=O) groups is 1. The molecule has 7 nitrogen and oxygen atoms in total. The van der Waals surface area contributed by atoms with Gasteiger partial charge in [0.2, 0.25) is 0 Å². The summed E-state index contributed by atoms with van der Waals surface area (Å²) >= 11 is -2.70. The Morgan fingerprint density at radius 1 is 1.28 bits per heavy atom. The lowest BCUT2D eigenvalue weighted by Gasteiger charge is -2.31. The molecule has 8 heteroatoms. The minimum absolute atomic E-state index is 0.0788. The Morgan fingerprint density at radius 2 is 2.09 bits per heavy atom. The van der Waals surface area contributed by atoms with E-state index >= 15 is 0 Å². The van der Waals surface area contributed by atoms with Gasteiger partial charge in [0.25, 0.3) is 0 Å². The molecule has 0 aromatic heterocycles. The van der Waals surface area contributed by atoms with Crippen LogP contribution in [0.5, 0.6) is 5.75 Å². The molecule has 2 aromatic rings. The maximum absolute atomic E-state index is 12.5. The van der Waals surface area contributed by atoms with E-state index in [0.29, 0.717) is 35.8 Å². The highest BCUT2D eigenvalue weighted by atomic mass is 32.2. The zero-order valence-corrected chi connectivity index (χ0v) is 18.8. The monoisotopic (exact) mass is 455 g/mol. The van der Waals surface area contributed by atoms with Crippen LogP contribution < -0.4 is 9.04 Å². The number of fused-ring (bicyclic) bond motifs is 3. The summed E-state index contributed by atoms with van der Waals surface area (Å²) in [4.78, 5) is 14.7. The summed E-state index contributed by atoms with van der Waals surface area (Å²) in [6, 6.07) is 10.8. The highest BCUT2D eigenvalue weighted by Gasteiger charge is 2.45. The van der Waals surface area contributed by atoms with Crippen LogP contribution in [0.3, 0.4) is 0 Å². The smallest absolute Gasteiger partial charge is 0.341 e. The minimum Gasteiger partial charge on any atom is -0.755 e. The molecule has 1 saturated heterocycles. The highest BCUT2D eigenvalue weighted by Crippen LogP contribution is 2.56. The second-order valence-electron chi connectivity index (χ2n) is 8.99. The van der Waals surface area contributed by atoms with E-state index in [1.165, 1.54) is 0 Å². The minimum atomic E-state index is -2.70. The molecule has 1 unspecified atom stereocenters. The summed E-state index contributed by atoms with van der Waals surface area (Å²) in [7, 11) is 0. The van der Waals surface area contributed by atoms with E-state index in [2.05, 4.69) is 11.8 Å². The Bertz CT molecular complexity index is 1070. The van der Waals surface area contributed by atoms with Crippen LogP contribution in [0.4, 0.5) is 11.4 Å². The number of para-hydroxylation sites is 1. The molecule has 4 atom stereocenters. The summed E-state index contributed by atoms with van der Waals surface area (Å²) < 4.78 is 31.9. The van der Waals surface area contributed by atoms with Crippen LogP contribution in [0.2, 0.25) is 0 Å². The number of carboxylic acids is 1. The average molecular weight is 456 g/mol. The summed E-state index contributed by atoms with van der Waals surface area (Å²) in [5, 5.41) is 10.0. The zero-order chi connectivity index (χ0) is 22.4. The van der Waals surface area contributed by atoms with E-state index < -0.39 is 17.2 Å².